The zero-order chi connectivity index (χ0) is 18.1. The second kappa shape index (κ2) is 6.28. The number of ketones is 1. The van der Waals surface area contributed by atoms with E-state index in [9.17, 15) is 13.2 Å². The topological polar surface area (TPSA) is 55.6 Å². The zero-order valence-electron chi connectivity index (χ0n) is 13.7. The smallest absolute Gasteiger partial charge is 0.209 e. The highest BCUT2D eigenvalue weighted by molar-refractivity contribution is 7.91. The third-order valence-corrected chi connectivity index (χ3v) is 6.05. The molecule has 4 nitrogen and oxygen atoms in total. The molecule has 0 atom stereocenters. The maximum absolute atomic E-state index is 13.1. The Hall–Kier alpha value is -3.18. The number of hydrogen-bond acceptors (Lipinski definition) is 3. The van der Waals surface area contributed by atoms with E-state index >= 15 is 0 Å². The van der Waals surface area contributed by atoms with Gasteiger partial charge in [0.15, 0.2) is 0 Å². The monoisotopic (exact) mass is 361 g/mol. The molecule has 0 saturated heterocycles. The van der Waals surface area contributed by atoms with Crippen LogP contribution in [-0.2, 0) is 9.84 Å². The first-order valence-corrected chi connectivity index (χ1v) is 9.57. The van der Waals surface area contributed by atoms with E-state index in [0.717, 1.165) is 0 Å². The lowest BCUT2D eigenvalue weighted by molar-refractivity contribution is 0.103. The zero-order valence-corrected chi connectivity index (χ0v) is 14.6. The van der Waals surface area contributed by atoms with Crippen LogP contribution >= 0.6 is 0 Å². The molecule has 0 bridgehead atoms. The number of aromatic nitrogens is 1. The number of nitrogens with zero attached hydrogens (tertiary/aromatic N) is 1. The number of fused-ring (bicyclic) bond motifs is 1. The van der Waals surface area contributed by atoms with E-state index in [0.29, 0.717) is 16.8 Å². The minimum atomic E-state index is -3.73. The first kappa shape index (κ1) is 16.3. The first-order valence-electron chi connectivity index (χ1n) is 8.09. The van der Waals surface area contributed by atoms with E-state index in [4.69, 9.17) is 0 Å². The van der Waals surface area contributed by atoms with Gasteiger partial charge in [-0.25, -0.2) is 8.42 Å². The second-order valence-electron chi connectivity index (χ2n) is 5.86. The fraction of sp³-hybridized carbons (Fsp3) is 0. The minimum absolute atomic E-state index is 0.128. The molecule has 0 spiro atoms. The standard InChI is InChI=1S/C21H15NO3S/c23-21(16-9-3-1-4-10-16)19-15-20(18-13-7-8-14-22(18)19)26(24,25)17-11-5-2-6-12-17/h1-15H. The Morgan fingerprint density at radius 2 is 1.38 bits per heavy atom. The van der Waals surface area contributed by atoms with Crippen molar-refractivity contribution in [2.45, 2.75) is 9.79 Å². The summed E-state index contributed by atoms with van der Waals surface area (Å²) in [6.45, 7) is 0. The van der Waals surface area contributed by atoms with Crippen molar-refractivity contribution >= 4 is 21.1 Å². The normalized spacial score (nSPS) is 11.5. The average molecular weight is 361 g/mol. The van der Waals surface area contributed by atoms with Gasteiger partial charge in [-0.15, -0.1) is 0 Å². The van der Waals surface area contributed by atoms with Gasteiger partial charge in [0.2, 0.25) is 15.6 Å². The molecule has 2 aromatic heterocycles. The molecule has 0 N–H and O–H groups in total. The maximum Gasteiger partial charge on any atom is 0.209 e. The highest BCUT2D eigenvalue weighted by atomic mass is 32.2. The highest BCUT2D eigenvalue weighted by Gasteiger charge is 2.25. The van der Waals surface area contributed by atoms with Crippen LogP contribution in [0.5, 0.6) is 0 Å². The summed E-state index contributed by atoms with van der Waals surface area (Å²) in [5.41, 5.74) is 1.32. The van der Waals surface area contributed by atoms with Crippen molar-refractivity contribution < 1.29 is 13.2 Å². The number of sulfone groups is 1. The summed E-state index contributed by atoms with van der Waals surface area (Å²) in [7, 11) is -3.73. The van der Waals surface area contributed by atoms with Gasteiger partial charge in [0.05, 0.1) is 21.0 Å². The molecular weight excluding hydrogens is 346 g/mol. The summed E-state index contributed by atoms with van der Waals surface area (Å²) in [6, 6.07) is 23.8. The number of benzene rings is 2. The lowest BCUT2D eigenvalue weighted by Crippen LogP contribution is -2.04. The Balaban J connectivity index is 1.95. The van der Waals surface area contributed by atoms with Crippen LogP contribution in [0, 0.1) is 0 Å². The summed E-state index contributed by atoms with van der Waals surface area (Å²) in [5.74, 6) is -0.221. The first-order chi connectivity index (χ1) is 12.6. The van der Waals surface area contributed by atoms with E-state index in [2.05, 4.69) is 0 Å². The molecule has 0 aliphatic carbocycles. The van der Waals surface area contributed by atoms with E-state index < -0.39 is 9.84 Å². The van der Waals surface area contributed by atoms with Gasteiger partial charge in [-0.05, 0) is 30.3 Å². The van der Waals surface area contributed by atoms with Crippen LogP contribution < -0.4 is 0 Å². The largest absolute Gasteiger partial charge is 0.312 e. The molecule has 5 heteroatoms. The Labute approximate surface area is 151 Å². The van der Waals surface area contributed by atoms with E-state index in [1.165, 1.54) is 6.07 Å². The number of carbonyl (C=O) groups is 1. The molecule has 26 heavy (non-hydrogen) atoms. The lowest BCUT2D eigenvalue weighted by atomic mass is 10.1. The van der Waals surface area contributed by atoms with Gasteiger partial charge in [-0.1, -0.05) is 54.6 Å². The molecule has 4 aromatic rings. The van der Waals surface area contributed by atoms with Gasteiger partial charge in [0.1, 0.15) is 0 Å². The molecule has 0 amide bonds. The Morgan fingerprint density at radius 3 is 2.08 bits per heavy atom. The quantitative estimate of drug-likeness (QED) is 0.516. The highest BCUT2D eigenvalue weighted by Crippen LogP contribution is 2.28. The molecular formula is C21H15NO3S. The number of carbonyl (C=O) groups excluding carboxylic acids is 1. The van der Waals surface area contributed by atoms with E-state index in [1.807, 2.05) is 6.07 Å². The average Bonchev–Trinajstić information content (AvgIpc) is 3.09. The molecule has 0 fully saturated rings. The SMILES string of the molecule is O=C(c1ccccc1)c1cc(S(=O)(=O)c2ccccc2)c2ccccn12. The van der Waals surface area contributed by atoms with Crippen LogP contribution in [0.2, 0.25) is 0 Å². The molecule has 2 aromatic carbocycles. The van der Waals surface area contributed by atoms with Gasteiger partial charge in [-0.3, -0.25) is 4.79 Å². The third kappa shape index (κ3) is 2.62. The van der Waals surface area contributed by atoms with Crippen molar-refractivity contribution in [1.29, 1.82) is 0 Å². The van der Waals surface area contributed by atoms with Gasteiger partial charge >= 0.3 is 0 Å². The molecule has 0 radical (unpaired) electrons. The van der Waals surface area contributed by atoms with Crippen molar-refractivity contribution in [3.05, 3.63) is 102 Å². The van der Waals surface area contributed by atoms with Crippen molar-refractivity contribution in [3.8, 4) is 0 Å². The molecule has 2 heterocycles. The summed E-state index contributed by atoms with van der Waals surface area (Å²) >= 11 is 0. The Bertz CT molecular complexity index is 1190. The Morgan fingerprint density at radius 1 is 0.769 bits per heavy atom. The Kier molecular flexibility index (Phi) is 3.93. The molecule has 128 valence electrons. The van der Waals surface area contributed by atoms with Crippen molar-refractivity contribution in [1.82, 2.24) is 4.40 Å². The van der Waals surface area contributed by atoms with Crippen molar-refractivity contribution in [2.24, 2.45) is 0 Å². The van der Waals surface area contributed by atoms with Crippen LogP contribution in [0.3, 0.4) is 0 Å². The number of hydrogen-bond donors (Lipinski definition) is 0. The summed E-state index contributed by atoms with van der Waals surface area (Å²) < 4.78 is 27.8. The van der Waals surface area contributed by atoms with Gasteiger partial charge in [0.25, 0.3) is 0 Å². The van der Waals surface area contributed by atoms with Crippen LogP contribution in [0.4, 0.5) is 0 Å². The van der Waals surface area contributed by atoms with E-state index in [-0.39, 0.29) is 15.6 Å². The van der Waals surface area contributed by atoms with E-state index in [1.54, 1.807) is 83.4 Å². The fourth-order valence-electron chi connectivity index (χ4n) is 2.98. The molecule has 4 rings (SSSR count). The van der Waals surface area contributed by atoms with Crippen LogP contribution in [0.15, 0.2) is 101 Å². The minimum Gasteiger partial charge on any atom is -0.312 e. The third-order valence-electron chi connectivity index (χ3n) is 4.25. The fourth-order valence-corrected chi connectivity index (χ4v) is 4.45. The van der Waals surface area contributed by atoms with Crippen molar-refractivity contribution in [2.75, 3.05) is 0 Å². The van der Waals surface area contributed by atoms with Gasteiger partial charge in [0, 0.05) is 11.8 Å². The van der Waals surface area contributed by atoms with Crippen LogP contribution in [0.1, 0.15) is 16.1 Å². The summed E-state index contributed by atoms with van der Waals surface area (Å²) in [4.78, 5) is 13.3. The summed E-state index contributed by atoms with van der Waals surface area (Å²) in [5, 5.41) is 0. The predicted octanol–water partition coefficient (Wildman–Crippen LogP) is 4.00. The predicted molar refractivity (Wildman–Crippen MR) is 99.2 cm³/mol. The second-order valence-corrected chi connectivity index (χ2v) is 7.78. The van der Waals surface area contributed by atoms with Crippen molar-refractivity contribution in [3.63, 3.8) is 0 Å². The van der Waals surface area contributed by atoms with Gasteiger partial charge < -0.3 is 4.40 Å². The number of pyridine rings is 1. The van der Waals surface area contributed by atoms with Crippen LogP contribution in [-0.4, -0.2) is 18.6 Å². The summed E-state index contributed by atoms with van der Waals surface area (Å²) in [6.07, 6.45) is 1.70. The lowest BCUT2D eigenvalue weighted by Gasteiger charge is -2.03. The number of rotatable bonds is 4. The molecule has 0 aliphatic heterocycles. The van der Waals surface area contributed by atoms with Crippen LogP contribution in [0.25, 0.3) is 5.52 Å². The molecule has 0 aliphatic rings. The van der Waals surface area contributed by atoms with Gasteiger partial charge in [-0.2, -0.15) is 0 Å². The molecule has 0 unspecified atom stereocenters. The maximum atomic E-state index is 13.1. The molecule has 0 saturated carbocycles.